The van der Waals surface area contributed by atoms with Crippen LogP contribution in [0.5, 0.6) is 11.5 Å². The smallest absolute Gasteiger partial charge is 0.271 e. The van der Waals surface area contributed by atoms with Gasteiger partial charge in [-0.15, -0.1) is 0 Å². The molecule has 0 radical (unpaired) electrons. The molecule has 0 N–H and O–H groups in total. The quantitative estimate of drug-likeness (QED) is 0.636. The zero-order chi connectivity index (χ0) is 17.1. The van der Waals surface area contributed by atoms with Crippen LogP contribution in [0.3, 0.4) is 0 Å². The molecule has 0 unspecified atom stereocenters. The molecule has 7 nitrogen and oxygen atoms in total. The first-order chi connectivity index (χ1) is 11.6. The van der Waals surface area contributed by atoms with Crippen LogP contribution in [0.4, 0.5) is 11.4 Å². The highest BCUT2D eigenvalue weighted by atomic mass is 16.6. The van der Waals surface area contributed by atoms with Crippen LogP contribution in [0.15, 0.2) is 42.5 Å². The third-order valence-electron chi connectivity index (χ3n) is 3.65. The van der Waals surface area contributed by atoms with Crippen molar-refractivity contribution in [2.24, 2.45) is 0 Å². The van der Waals surface area contributed by atoms with Gasteiger partial charge in [-0.3, -0.25) is 14.9 Å². The number of benzene rings is 2. The van der Waals surface area contributed by atoms with Crippen molar-refractivity contribution in [3.63, 3.8) is 0 Å². The van der Waals surface area contributed by atoms with Crippen molar-refractivity contribution in [1.82, 2.24) is 0 Å². The first-order valence-corrected chi connectivity index (χ1v) is 7.56. The molecule has 0 fully saturated rings. The van der Waals surface area contributed by atoms with Crippen LogP contribution in [0.25, 0.3) is 0 Å². The summed E-state index contributed by atoms with van der Waals surface area (Å²) in [5, 5.41) is 11.0. The molecule has 3 rings (SSSR count). The van der Waals surface area contributed by atoms with Crippen molar-refractivity contribution in [2.75, 3.05) is 24.7 Å². The number of anilines is 1. The van der Waals surface area contributed by atoms with Gasteiger partial charge in [0.1, 0.15) is 18.1 Å². The van der Waals surface area contributed by atoms with E-state index in [1.807, 2.05) is 6.92 Å². The summed E-state index contributed by atoms with van der Waals surface area (Å²) in [6.07, 6.45) is 0. The van der Waals surface area contributed by atoms with E-state index in [0.717, 1.165) is 0 Å². The fourth-order valence-corrected chi connectivity index (χ4v) is 2.57. The number of hydrogen-bond acceptors (Lipinski definition) is 5. The summed E-state index contributed by atoms with van der Waals surface area (Å²) >= 11 is 0. The number of fused-ring (bicyclic) bond motifs is 1. The lowest BCUT2D eigenvalue weighted by molar-refractivity contribution is -0.384. The Balaban J connectivity index is 1.96. The Morgan fingerprint density at radius 1 is 1.33 bits per heavy atom. The van der Waals surface area contributed by atoms with Crippen molar-refractivity contribution in [3.8, 4) is 11.5 Å². The van der Waals surface area contributed by atoms with Gasteiger partial charge in [-0.25, -0.2) is 0 Å². The lowest BCUT2D eigenvalue weighted by Gasteiger charge is -2.29. The first-order valence-electron chi connectivity index (χ1n) is 7.56. The molecule has 24 heavy (non-hydrogen) atoms. The SMILES string of the molecule is CCOc1cccc(C(=O)N2CCOc3ccc([N+](=O)[O-])cc32)c1. The van der Waals surface area contributed by atoms with Crippen molar-refractivity contribution >= 4 is 17.3 Å². The Morgan fingerprint density at radius 2 is 2.17 bits per heavy atom. The molecular weight excluding hydrogens is 312 g/mol. The van der Waals surface area contributed by atoms with Crippen molar-refractivity contribution in [2.45, 2.75) is 6.92 Å². The van der Waals surface area contributed by atoms with E-state index in [-0.39, 0.29) is 11.6 Å². The maximum absolute atomic E-state index is 12.8. The minimum atomic E-state index is -0.493. The predicted molar refractivity (Wildman–Crippen MR) is 87.9 cm³/mol. The van der Waals surface area contributed by atoms with Gasteiger partial charge in [0.15, 0.2) is 0 Å². The van der Waals surface area contributed by atoms with E-state index in [9.17, 15) is 14.9 Å². The molecule has 2 aromatic rings. The average molecular weight is 328 g/mol. The predicted octanol–water partition coefficient (Wildman–Crippen LogP) is 3.03. The number of carbonyl (C=O) groups excluding carboxylic acids is 1. The van der Waals surface area contributed by atoms with Gasteiger partial charge in [-0.2, -0.15) is 0 Å². The van der Waals surface area contributed by atoms with E-state index in [1.165, 1.54) is 23.1 Å². The van der Waals surface area contributed by atoms with Gasteiger partial charge < -0.3 is 14.4 Å². The number of non-ortho nitro benzene ring substituents is 1. The number of nitro benzene ring substituents is 1. The summed E-state index contributed by atoms with van der Waals surface area (Å²) in [6.45, 7) is 3.03. The van der Waals surface area contributed by atoms with Gasteiger partial charge in [-0.1, -0.05) is 6.07 Å². The number of carbonyl (C=O) groups is 1. The van der Waals surface area contributed by atoms with Crippen LogP contribution < -0.4 is 14.4 Å². The summed E-state index contributed by atoms with van der Waals surface area (Å²) in [4.78, 5) is 24.8. The molecule has 0 spiro atoms. The lowest BCUT2D eigenvalue weighted by atomic mass is 10.1. The molecule has 7 heteroatoms. The topological polar surface area (TPSA) is 81.9 Å². The number of amides is 1. The average Bonchev–Trinajstić information content (AvgIpc) is 2.60. The van der Waals surface area contributed by atoms with Gasteiger partial charge in [0.05, 0.1) is 23.8 Å². The lowest BCUT2D eigenvalue weighted by Crippen LogP contribution is -2.38. The molecule has 0 bridgehead atoms. The second kappa shape index (κ2) is 6.57. The molecule has 124 valence electrons. The highest BCUT2D eigenvalue weighted by molar-refractivity contribution is 6.07. The Labute approximate surface area is 138 Å². The molecule has 0 aromatic heterocycles. The molecular formula is C17H16N2O5. The molecule has 1 amide bonds. The second-order valence-corrected chi connectivity index (χ2v) is 5.18. The van der Waals surface area contributed by atoms with Crippen LogP contribution in [-0.2, 0) is 0 Å². The van der Waals surface area contributed by atoms with Crippen molar-refractivity contribution < 1.29 is 19.2 Å². The fourth-order valence-electron chi connectivity index (χ4n) is 2.57. The maximum atomic E-state index is 12.8. The summed E-state index contributed by atoms with van der Waals surface area (Å²) < 4.78 is 10.9. The summed E-state index contributed by atoms with van der Waals surface area (Å²) in [5.74, 6) is 0.818. The standard InChI is InChI=1S/C17H16N2O5/c1-2-23-14-5-3-4-12(10-14)17(20)18-8-9-24-16-7-6-13(19(21)22)11-15(16)18/h3-7,10-11H,2,8-9H2,1H3. The molecule has 0 saturated heterocycles. The van der Waals surface area contributed by atoms with Crippen LogP contribution in [0.2, 0.25) is 0 Å². The highest BCUT2D eigenvalue weighted by Gasteiger charge is 2.27. The third kappa shape index (κ3) is 3.01. The van der Waals surface area contributed by atoms with Gasteiger partial charge in [0.2, 0.25) is 0 Å². The van der Waals surface area contributed by atoms with Crippen LogP contribution in [0, 0.1) is 10.1 Å². The summed E-state index contributed by atoms with van der Waals surface area (Å²) in [5.41, 5.74) is 0.780. The number of ether oxygens (including phenoxy) is 2. The summed E-state index contributed by atoms with van der Waals surface area (Å²) in [6, 6.07) is 11.1. The number of nitro groups is 1. The Hall–Kier alpha value is -3.09. The van der Waals surface area contributed by atoms with E-state index in [2.05, 4.69) is 0 Å². The first kappa shape index (κ1) is 15.8. The number of nitrogens with zero attached hydrogens (tertiary/aromatic N) is 2. The van der Waals surface area contributed by atoms with Gasteiger partial charge in [0, 0.05) is 17.7 Å². The zero-order valence-electron chi connectivity index (χ0n) is 13.1. The van der Waals surface area contributed by atoms with Crippen molar-refractivity contribution in [1.29, 1.82) is 0 Å². The second-order valence-electron chi connectivity index (χ2n) is 5.18. The Morgan fingerprint density at radius 3 is 2.92 bits per heavy atom. The molecule has 2 aromatic carbocycles. The monoisotopic (exact) mass is 328 g/mol. The van der Waals surface area contributed by atoms with Crippen LogP contribution >= 0.6 is 0 Å². The highest BCUT2D eigenvalue weighted by Crippen LogP contribution is 2.35. The van der Waals surface area contributed by atoms with E-state index in [4.69, 9.17) is 9.47 Å². The van der Waals surface area contributed by atoms with Gasteiger partial charge >= 0.3 is 0 Å². The third-order valence-corrected chi connectivity index (χ3v) is 3.65. The van der Waals surface area contributed by atoms with Crippen molar-refractivity contribution in [3.05, 3.63) is 58.1 Å². The van der Waals surface area contributed by atoms with Crippen LogP contribution in [0.1, 0.15) is 17.3 Å². The molecule has 0 aliphatic carbocycles. The molecule has 1 heterocycles. The fraction of sp³-hybridized carbons (Fsp3) is 0.235. The van der Waals surface area contributed by atoms with Crippen LogP contribution in [-0.4, -0.2) is 30.6 Å². The molecule has 1 aliphatic rings. The van der Waals surface area contributed by atoms with E-state index in [0.29, 0.717) is 42.5 Å². The van der Waals surface area contributed by atoms with Gasteiger partial charge in [0.25, 0.3) is 11.6 Å². The number of rotatable bonds is 4. The Bertz CT molecular complexity index is 790. The maximum Gasteiger partial charge on any atom is 0.271 e. The number of hydrogen-bond donors (Lipinski definition) is 0. The zero-order valence-corrected chi connectivity index (χ0v) is 13.1. The normalized spacial score (nSPS) is 13.0. The van der Waals surface area contributed by atoms with E-state index < -0.39 is 4.92 Å². The minimum absolute atomic E-state index is 0.0832. The minimum Gasteiger partial charge on any atom is -0.494 e. The largest absolute Gasteiger partial charge is 0.494 e. The summed E-state index contributed by atoms with van der Waals surface area (Å²) in [7, 11) is 0. The van der Waals surface area contributed by atoms with E-state index in [1.54, 1.807) is 24.3 Å². The van der Waals surface area contributed by atoms with E-state index >= 15 is 0 Å². The molecule has 0 atom stereocenters. The molecule has 1 aliphatic heterocycles. The Kier molecular flexibility index (Phi) is 4.33. The molecule has 0 saturated carbocycles. The van der Waals surface area contributed by atoms with Gasteiger partial charge in [-0.05, 0) is 31.2 Å².